The monoisotopic (exact) mass is 467 g/mol. The number of ketones is 1. The van der Waals surface area contributed by atoms with E-state index in [1.165, 1.54) is 20.1 Å². The van der Waals surface area contributed by atoms with Crippen LogP contribution in [0.1, 0.15) is 27.6 Å². The summed E-state index contributed by atoms with van der Waals surface area (Å²) in [4.78, 5) is 47.6. The Bertz CT molecular complexity index is 866. The van der Waals surface area contributed by atoms with Gasteiger partial charge >= 0.3 is 160 Å². The number of amides is 2. The number of esters is 1. The predicted octanol–water partition coefficient (Wildman–Crippen LogP) is 0.529. The van der Waals surface area contributed by atoms with Gasteiger partial charge in [-0.1, -0.05) is 0 Å². The Morgan fingerprint density at radius 3 is 1.77 bits per heavy atom. The zero-order valence-electron chi connectivity index (χ0n) is 14.0. The number of Topliss-reactive ketones (excluding diaryl/α,β-unsaturated/α-hetero) is 1. The predicted molar refractivity (Wildman–Crippen MR) is 92.3 cm³/mol. The van der Waals surface area contributed by atoms with E-state index in [0.717, 1.165) is 0 Å². The molecule has 0 aliphatic rings. The first-order chi connectivity index (χ1) is 12.4. The molecule has 2 amide bonds. The Kier molecular flexibility index (Phi) is 6.84. The zero-order valence-corrected chi connectivity index (χ0v) is 16.2. The van der Waals surface area contributed by atoms with E-state index in [1.54, 1.807) is 42.5 Å². The number of benzene rings is 2. The van der Waals surface area contributed by atoms with E-state index in [0.29, 0.717) is 11.3 Å². The number of carbonyl (C=O) groups excluding carboxylic acids is 4. The second kappa shape index (κ2) is 9.09. The fraction of sp³-hybridized carbons (Fsp3) is 0.111. The third kappa shape index (κ3) is 5.12. The number of para-hydroxylation sites is 2. The number of nitrogens with one attached hydrogen (secondary N) is 2. The van der Waals surface area contributed by atoms with Crippen molar-refractivity contribution in [3.63, 3.8) is 0 Å². The molecule has 136 valence electrons. The topological polar surface area (TPSA) is 102 Å². The van der Waals surface area contributed by atoms with E-state index in [9.17, 15) is 19.2 Å². The molecule has 2 rings (SSSR count). The minimum atomic E-state index is -1.59. The molecule has 0 saturated heterocycles. The molecule has 0 heterocycles. The van der Waals surface area contributed by atoms with Crippen molar-refractivity contribution in [2.24, 2.45) is 0 Å². The quantitative estimate of drug-likeness (QED) is 0.212. The molecule has 8 heteroatoms. The molecule has 0 atom stereocenters. The molecule has 7 nitrogen and oxygen atoms in total. The Morgan fingerprint density at radius 2 is 1.27 bits per heavy atom. The van der Waals surface area contributed by atoms with Gasteiger partial charge in [0, 0.05) is 0 Å². The number of hydrogen-bond acceptors (Lipinski definition) is 5. The fourth-order valence-electron chi connectivity index (χ4n) is 2.12. The Hall–Kier alpha value is -2.75. The minimum absolute atomic E-state index is 0.185. The second-order valence-corrected chi connectivity index (χ2v) is 7.53. The van der Waals surface area contributed by atoms with Gasteiger partial charge in [-0.3, -0.25) is 0 Å². The number of rotatable bonds is 6. The van der Waals surface area contributed by atoms with Crippen molar-refractivity contribution in [2.75, 3.05) is 17.7 Å². The molecular weight excluding hydrogens is 451 g/mol. The first-order valence-corrected chi connectivity index (χ1v) is 9.62. The fourth-order valence-corrected chi connectivity index (χ4v) is 3.41. The van der Waals surface area contributed by atoms with Crippen LogP contribution in [0.15, 0.2) is 48.5 Å². The van der Waals surface area contributed by atoms with Crippen LogP contribution >= 0.6 is 0 Å². The molecule has 0 bridgehead atoms. The van der Waals surface area contributed by atoms with Crippen molar-refractivity contribution in [1.29, 1.82) is 0 Å². The van der Waals surface area contributed by atoms with Gasteiger partial charge in [-0.2, -0.15) is 0 Å². The summed E-state index contributed by atoms with van der Waals surface area (Å²) in [6.45, 7) is 1.40. The summed E-state index contributed by atoms with van der Waals surface area (Å²) in [5, 5.41) is 5.15. The third-order valence-corrected chi connectivity index (χ3v) is 4.80. The average Bonchev–Trinajstić information content (AvgIpc) is 2.61. The number of anilines is 2. The molecule has 2 aromatic rings. The van der Waals surface area contributed by atoms with Gasteiger partial charge in [0.1, 0.15) is 0 Å². The van der Waals surface area contributed by atoms with Gasteiger partial charge < -0.3 is 0 Å². The molecule has 0 fully saturated rings. The molecule has 0 saturated carbocycles. The van der Waals surface area contributed by atoms with Gasteiger partial charge in [0.15, 0.2) is 0 Å². The molecule has 26 heavy (non-hydrogen) atoms. The van der Waals surface area contributed by atoms with Crippen LogP contribution in [0.2, 0.25) is 0 Å². The van der Waals surface area contributed by atoms with Gasteiger partial charge in [0.2, 0.25) is 0 Å². The maximum atomic E-state index is 12.2. The van der Waals surface area contributed by atoms with Crippen molar-refractivity contribution >= 4 is 31.0 Å². The molecule has 2 aromatic carbocycles. The standard InChI is InChI=1S/C18H16IN2O5/c1-11(22)12-7-3-5-9-14(12)20-17(24)19-18(25)21-15-10-6-4-8-13(15)16(23)26-2/h3-10H,1-2H3,(H,20,24)(H,21,25)/q-1. The number of methoxy groups -OCH3 is 1. The van der Waals surface area contributed by atoms with Crippen LogP contribution in [-0.4, -0.2) is 26.7 Å². The van der Waals surface area contributed by atoms with Gasteiger partial charge in [-0.15, -0.1) is 0 Å². The molecule has 0 aliphatic heterocycles. The van der Waals surface area contributed by atoms with Crippen LogP contribution in [0.5, 0.6) is 0 Å². The first kappa shape index (κ1) is 19.6. The molecule has 0 unspecified atom stereocenters. The summed E-state index contributed by atoms with van der Waals surface area (Å²) in [5.41, 5.74) is 1.23. The van der Waals surface area contributed by atoms with Crippen LogP contribution in [0.3, 0.4) is 0 Å². The molecular formula is C18H16IN2O5-. The van der Waals surface area contributed by atoms with E-state index in [4.69, 9.17) is 0 Å². The molecule has 0 aromatic heterocycles. The molecule has 0 spiro atoms. The van der Waals surface area contributed by atoms with E-state index < -0.39 is 35.0 Å². The Morgan fingerprint density at radius 1 is 0.808 bits per heavy atom. The van der Waals surface area contributed by atoms with E-state index in [1.807, 2.05) is 0 Å². The molecule has 2 N–H and O–H groups in total. The second-order valence-electron chi connectivity index (χ2n) is 5.03. The number of carbonyl (C=O) groups is 4. The molecule has 0 aliphatic carbocycles. The van der Waals surface area contributed by atoms with Gasteiger partial charge in [0.25, 0.3) is 0 Å². The normalized spacial score (nSPS) is 10.1. The van der Waals surface area contributed by atoms with Crippen molar-refractivity contribution in [2.45, 2.75) is 6.92 Å². The van der Waals surface area contributed by atoms with Crippen LogP contribution in [0.4, 0.5) is 21.0 Å². The van der Waals surface area contributed by atoms with E-state index >= 15 is 0 Å². The molecule has 0 radical (unpaired) electrons. The maximum absolute atomic E-state index is 12.2. The summed E-state index contributed by atoms with van der Waals surface area (Å²) in [5.74, 6) is -0.769. The average molecular weight is 467 g/mol. The number of ether oxygens (including phenoxy) is 1. The summed E-state index contributed by atoms with van der Waals surface area (Å²) >= 11 is -1.59. The van der Waals surface area contributed by atoms with Crippen LogP contribution in [-0.2, 0) is 4.74 Å². The van der Waals surface area contributed by atoms with Gasteiger partial charge in [-0.25, -0.2) is 0 Å². The van der Waals surface area contributed by atoms with Crippen molar-refractivity contribution in [3.05, 3.63) is 59.7 Å². The Balaban J connectivity index is 2.04. The first-order valence-electron chi connectivity index (χ1n) is 7.46. The number of hydrogen-bond donors (Lipinski definition) is 2. The van der Waals surface area contributed by atoms with Gasteiger partial charge in [-0.05, 0) is 0 Å². The van der Waals surface area contributed by atoms with E-state index in [2.05, 4.69) is 15.4 Å². The SMILES string of the molecule is COC(=O)c1ccccc1NC(=O)[I-]C(=O)Nc1ccccc1C(C)=O. The van der Waals surface area contributed by atoms with Crippen molar-refractivity contribution < 1.29 is 45.1 Å². The van der Waals surface area contributed by atoms with Gasteiger partial charge in [0.05, 0.1) is 0 Å². The summed E-state index contributed by atoms with van der Waals surface area (Å²) in [6, 6.07) is 12.9. The summed E-state index contributed by atoms with van der Waals surface area (Å²) in [7, 11) is 1.24. The van der Waals surface area contributed by atoms with Crippen molar-refractivity contribution in [1.82, 2.24) is 0 Å². The summed E-state index contributed by atoms with van der Waals surface area (Å²) < 4.78 is 3.71. The summed E-state index contributed by atoms with van der Waals surface area (Å²) in [6.07, 6.45) is 0. The van der Waals surface area contributed by atoms with Crippen LogP contribution in [0.25, 0.3) is 0 Å². The number of halogens is 1. The third-order valence-electron chi connectivity index (χ3n) is 3.28. The van der Waals surface area contributed by atoms with Crippen molar-refractivity contribution in [3.8, 4) is 0 Å². The van der Waals surface area contributed by atoms with E-state index in [-0.39, 0.29) is 17.0 Å². The van der Waals surface area contributed by atoms with Crippen LogP contribution in [0, 0.1) is 0 Å². The Labute approximate surface area is 160 Å². The zero-order chi connectivity index (χ0) is 19.1. The van der Waals surface area contributed by atoms with Crippen LogP contribution < -0.4 is 31.8 Å².